The van der Waals surface area contributed by atoms with Crippen LogP contribution in [0.5, 0.6) is 11.5 Å². The average molecular weight is 471 g/mol. The summed E-state index contributed by atoms with van der Waals surface area (Å²) in [7, 11) is 4.66. The Morgan fingerprint density at radius 3 is 1.91 bits per heavy atom. The summed E-state index contributed by atoms with van der Waals surface area (Å²) in [5, 5.41) is 2.67. The van der Waals surface area contributed by atoms with Crippen LogP contribution in [0.2, 0.25) is 0 Å². The molecule has 0 aliphatic carbocycles. The summed E-state index contributed by atoms with van der Waals surface area (Å²) in [6.45, 7) is 5.30. The van der Waals surface area contributed by atoms with Crippen molar-refractivity contribution < 1.29 is 28.6 Å². The molecule has 8 nitrogen and oxygen atoms in total. The van der Waals surface area contributed by atoms with Gasteiger partial charge in [0.25, 0.3) is 0 Å². The van der Waals surface area contributed by atoms with Crippen LogP contribution in [0.15, 0.2) is 48.5 Å². The number of benzene rings is 2. The molecule has 0 heterocycles. The number of hydrogen-bond acceptors (Lipinski definition) is 6. The number of carbonyl (C=O) groups is 3. The second-order valence-corrected chi connectivity index (χ2v) is 9.10. The van der Waals surface area contributed by atoms with Gasteiger partial charge in [0, 0.05) is 26.9 Å². The largest absolute Gasteiger partial charge is 0.469 e. The molecule has 0 aromatic heterocycles. The highest BCUT2D eigenvalue weighted by Gasteiger charge is 2.25. The summed E-state index contributed by atoms with van der Waals surface area (Å²) >= 11 is 0. The molecule has 1 atom stereocenters. The first-order valence-electron chi connectivity index (χ1n) is 11.1. The number of esters is 1. The molecule has 0 spiro atoms. The molecular formula is C26H34N2O6. The molecule has 0 unspecified atom stereocenters. The number of nitrogens with one attached hydrogen (secondary N) is 1. The molecule has 8 heteroatoms. The van der Waals surface area contributed by atoms with Crippen LogP contribution in [0.25, 0.3) is 0 Å². The van der Waals surface area contributed by atoms with Crippen molar-refractivity contribution in [3.05, 3.63) is 59.7 Å². The minimum absolute atomic E-state index is 0.224. The molecule has 0 saturated heterocycles. The van der Waals surface area contributed by atoms with Gasteiger partial charge in [-0.1, -0.05) is 24.3 Å². The van der Waals surface area contributed by atoms with E-state index < -0.39 is 17.7 Å². The molecule has 0 bridgehead atoms. The van der Waals surface area contributed by atoms with Gasteiger partial charge < -0.3 is 24.4 Å². The second-order valence-electron chi connectivity index (χ2n) is 9.10. The Morgan fingerprint density at radius 1 is 0.912 bits per heavy atom. The van der Waals surface area contributed by atoms with Gasteiger partial charge in [0.1, 0.15) is 23.1 Å². The summed E-state index contributed by atoms with van der Waals surface area (Å²) in [6, 6.07) is 14.1. The molecule has 0 aliphatic rings. The number of nitrogens with zero attached hydrogens (tertiary/aromatic N) is 1. The zero-order valence-corrected chi connectivity index (χ0v) is 20.7. The molecule has 34 heavy (non-hydrogen) atoms. The second kappa shape index (κ2) is 12.1. The van der Waals surface area contributed by atoms with E-state index in [1.165, 1.54) is 12.0 Å². The van der Waals surface area contributed by atoms with Crippen LogP contribution in [0.3, 0.4) is 0 Å². The Morgan fingerprint density at radius 2 is 1.44 bits per heavy atom. The fraction of sp³-hybridized carbons (Fsp3) is 0.423. The van der Waals surface area contributed by atoms with Gasteiger partial charge in [0.05, 0.1) is 7.11 Å². The molecule has 2 amide bonds. The zero-order chi connectivity index (χ0) is 25.3. The summed E-state index contributed by atoms with van der Waals surface area (Å²) < 4.78 is 15.8. The third-order valence-corrected chi connectivity index (χ3v) is 4.80. The Labute approximate surface area is 201 Å². The van der Waals surface area contributed by atoms with Crippen molar-refractivity contribution >= 4 is 18.0 Å². The topological polar surface area (TPSA) is 94.2 Å². The highest BCUT2D eigenvalue weighted by atomic mass is 16.6. The summed E-state index contributed by atoms with van der Waals surface area (Å²) in [5.41, 5.74) is 1.22. The number of likely N-dealkylation sites (N-methyl/N-ethyl adjacent to an activating group) is 1. The Kier molecular flexibility index (Phi) is 9.47. The Balaban J connectivity index is 2.00. The first-order chi connectivity index (χ1) is 16.0. The molecule has 2 aromatic rings. The van der Waals surface area contributed by atoms with E-state index in [0.29, 0.717) is 30.8 Å². The van der Waals surface area contributed by atoms with Crippen molar-refractivity contribution in [2.75, 3.05) is 21.2 Å². The minimum Gasteiger partial charge on any atom is -0.469 e. The van der Waals surface area contributed by atoms with Gasteiger partial charge in [-0.25, -0.2) is 4.79 Å². The first-order valence-corrected chi connectivity index (χ1v) is 11.1. The number of rotatable bonds is 9. The Bertz CT molecular complexity index is 962. The van der Waals surface area contributed by atoms with Crippen molar-refractivity contribution in [3.8, 4) is 11.5 Å². The number of amides is 2. The summed E-state index contributed by atoms with van der Waals surface area (Å²) in [5.74, 6) is 0.846. The lowest BCUT2D eigenvalue weighted by atomic mass is 10.0. The smallest absolute Gasteiger partial charge is 0.408 e. The molecule has 0 radical (unpaired) electrons. The number of hydrogen-bond donors (Lipinski definition) is 1. The van der Waals surface area contributed by atoms with E-state index in [-0.39, 0.29) is 11.9 Å². The van der Waals surface area contributed by atoms with Crippen LogP contribution in [0.4, 0.5) is 4.79 Å². The van der Waals surface area contributed by atoms with E-state index in [9.17, 15) is 14.4 Å². The molecule has 0 saturated carbocycles. The monoisotopic (exact) mass is 470 g/mol. The summed E-state index contributed by atoms with van der Waals surface area (Å²) in [6.07, 6.45) is 0.609. The van der Waals surface area contributed by atoms with Crippen molar-refractivity contribution in [2.24, 2.45) is 0 Å². The van der Waals surface area contributed by atoms with E-state index in [2.05, 4.69) is 10.1 Å². The fourth-order valence-corrected chi connectivity index (χ4v) is 3.10. The molecule has 184 valence electrons. The SMILES string of the molecule is COC(=O)CCc1ccc(Oc2ccc(C[C@H](NC(=O)OC(C)(C)C)C(=O)N(C)C)cc2)cc1. The minimum atomic E-state index is -0.755. The highest BCUT2D eigenvalue weighted by Crippen LogP contribution is 2.23. The zero-order valence-electron chi connectivity index (χ0n) is 20.7. The number of carbonyl (C=O) groups excluding carboxylic acids is 3. The van der Waals surface area contributed by atoms with Gasteiger partial charge in [0.15, 0.2) is 0 Å². The Hall–Kier alpha value is -3.55. The lowest BCUT2D eigenvalue weighted by Gasteiger charge is -2.25. The molecule has 2 rings (SSSR count). The van der Waals surface area contributed by atoms with Crippen LogP contribution < -0.4 is 10.1 Å². The maximum Gasteiger partial charge on any atom is 0.408 e. The van der Waals surface area contributed by atoms with E-state index in [1.54, 1.807) is 34.9 Å². The van der Waals surface area contributed by atoms with Crippen molar-refractivity contribution in [3.63, 3.8) is 0 Å². The van der Waals surface area contributed by atoms with Crippen LogP contribution in [-0.2, 0) is 31.9 Å². The molecule has 1 N–H and O–H groups in total. The van der Waals surface area contributed by atoms with Crippen molar-refractivity contribution in [1.29, 1.82) is 0 Å². The number of aryl methyl sites for hydroxylation is 1. The molecule has 0 fully saturated rings. The van der Waals surface area contributed by atoms with Crippen LogP contribution in [-0.4, -0.2) is 55.7 Å². The van der Waals surface area contributed by atoms with E-state index in [4.69, 9.17) is 9.47 Å². The maximum atomic E-state index is 12.6. The predicted molar refractivity (Wildman–Crippen MR) is 129 cm³/mol. The van der Waals surface area contributed by atoms with Crippen LogP contribution in [0, 0.1) is 0 Å². The first kappa shape index (κ1) is 26.7. The highest BCUT2D eigenvalue weighted by molar-refractivity contribution is 5.85. The number of ether oxygens (including phenoxy) is 3. The maximum absolute atomic E-state index is 12.6. The lowest BCUT2D eigenvalue weighted by molar-refractivity contribution is -0.140. The van der Waals surface area contributed by atoms with Crippen molar-refractivity contribution in [2.45, 2.75) is 51.7 Å². The van der Waals surface area contributed by atoms with E-state index >= 15 is 0 Å². The van der Waals surface area contributed by atoms with Gasteiger partial charge in [-0.05, 0) is 62.6 Å². The van der Waals surface area contributed by atoms with Gasteiger partial charge >= 0.3 is 12.1 Å². The predicted octanol–water partition coefficient (Wildman–Crippen LogP) is 4.11. The normalized spacial score (nSPS) is 11.8. The average Bonchev–Trinajstić information content (AvgIpc) is 2.77. The van der Waals surface area contributed by atoms with E-state index in [0.717, 1.165) is 11.1 Å². The number of alkyl carbamates (subject to hydrolysis) is 1. The van der Waals surface area contributed by atoms with E-state index in [1.807, 2.05) is 48.5 Å². The molecule has 0 aliphatic heterocycles. The van der Waals surface area contributed by atoms with Gasteiger partial charge in [-0.3, -0.25) is 9.59 Å². The lowest BCUT2D eigenvalue weighted by Crippen LogP contribution is -2.48. The third kappa shape index (κ3) is 9.13. The van der Waals surface area contributed by atoms with Crippen LogP contribution in [0.1, 0.15) is 38.3 Å². The van der Waals surface area contributed by atoms with Crippen molar-refractivity contribution in [1.82, 2.24) is 10.2 Å². The quantitative estimate of drug-likeness (QED) is 0.555. The molecular weight excluding hydrogens is 436 g/mol. The van der Waals surface area contributed by atoms with Gasteiger partial charge in [0.2, 0.25) is 5.91 Å². The molecule has 2 aromatic carbocycles. The van der Waals surface area contributed by atoms with Crippen LogP contribution >= 0.6 is 0 Å². The summed E-state index contributed by atoms with van der Waals surface area (Å²) in [4.78, 5) is 37.5. The van der Waals surface area contributed by atoms with Gasteiger partial charge in [-0.2, -0.15) is 0 Å². The third-order valence-electron chi connectivity index (χ3n) is 4.80. The fourth-order valence-electron chi connectivity index (χ4n) is 3.10. The standard InChI is InChI=1S/C26H34N2O6/c1-26(2,3)34-25(31)27-22(24(30)28(4)5)17-19-9-14-21(15-10-19)33-20-12-7-18(8-13-20)11-16-23(29)32-6/h7-10,12-15,22H,11,16-17H2,1-6H3,(H,27,31)/t22-/m0/s1. The van der Waals surface area contributed by atoms with Gasteiger partial charge in [-0.15, -0.1) is 0 Å². The number of methoxy groups -OCH3 is 1.